The second-order valence-electron chi connectivity index (χ2n) is 7.72. The quantitative estimate of drug-likeness (QED) is 0.409. The van der Waals surface area contributed by atoms with Crippen LogP contribution in [0.1, 0.15) is 23.3 Å². The normalized spacial score (nSPS) is 17.6. The predicted octanol–water partition coefficient (Wildman–Crippen LogP) is 5.07. The lowest BCUT2D eigenvalue weighted by atomic mass is 9.98. The van der Waals surface area contributed by atoms with Gasteiger partial charge in [-0.15, -0.1) is 0 Å². The summed E-state index contributed by atoms with van der Waals surface area (Å²) >= 11 is 5.85. The minimum absolute atomic E-state index is 0.138. The predicted molar refractivity (Wildman–Crippen MR) is 133 cm³/mol. The number of nitrogens with one attached hydrogen (secondary N) is 1. The van der Waals surface area contributed by atoms with E-state index in [0.29, 0.717) is 10.9 Å². The van der Waals surface area contributed by atoms with Gasteiger partial charge in [0.1, 0.15) is 11.5 Å². The van der Waals surface area contributed by atoms with Crippen LogP contribution in [-0.4, -0.2) is 28.9 Å². The lowest BCUT2D eigenvalue weighted by Gasteiger charge is -2.28. The standard InChI is InChI=1S/C26H24N4O2S/c1-31-20-11-12-23(32-2)22(16-20)30-25(24(28-26(30)33)21-10-6-7-14-27-21)18-13-15-29(17-18)19-8-4-3-5-9-19/h3-17,24-25H,1-2H3,(H,28,33)/t24-,25-/m1/s1. The molecule has 4 aromatic rings. The number of thiocarbonyl (C=S) groups is 1. The average Bonchev–Trinajstić information content (AvgIpc) is 3.49. The first kappa shape index (κ1) is 21.0. The highest BCUT2D eigenvalue weighted by Gasteiger charge is 2.42. The van der Waals surface area contributed by atoms with Crippen molar-refractivity contribution < 1.29 is 9.47 Å². The number of rotatable bonds is 6. The summed E-state index contributed by atoms with van der Waals surface area (Å²) in [6, 6.07) is 23.8. The number of anilines is 1. The van der Waals surface area contributed by atoms with E-state index in [0.717, 1.165) is 28.4 Å². The summed E-state index contributed by atoms with van der Waals surface area (Å²) in [5.74, 6) is 1.45. The Morgan fingerprint density at radius 3 is 2.48 bits per heavy atom. The third kappa shape index (κ3) is 3.91. The molecule has 0 bridgehead atoms. The van der Waals surface area contributed by atoms with Gasteiger partial charge in [-0.2, -0.15) is 0 Å². The molecule has 0 saturated carbocycles. The van der Waals surface area contributed by atoms with Crippen LogP contribution in [0.15, 0.2) is 91.4 Å². The highest BCUT2D eigenvalue weighted by Crippen LogP contribution is 2.45. The van der Waals surface area contributed by atoms with Gasteiger partial charge < -0.3 is 24.3 Å². The van der Waals surface area contributed by atoms with E-state index < -0.39 is 0 Å². The number of hydrogen-bond acceptors (Lipinski definition) is 4. The number of aromatic nitrogens is 2. The number of pyridine rings is 1. The Hall–Kier alpha value is -3.84. The largest absolute Gasteiger partial charge is 0.497 e. The number of para-hydroxylation sites is 1. The molecule has 2 atom stereocenters. The smallest absolute Gasteiger partial charge is 0.174 e. The topological polar surface area (TPSA) is 51.6 Å². The van der Waals surface area contributed by atoms with Crippen molar-refractivity contribution in [2.75, 3.05) is 19.1 Å². The van der Waals surface area contributed by atoms with E-state index in [4.69, 9.17) is 21.7 Å². The molecule has 2 aromatic heterocycles. The lowest BCUT2D eigenvalue weighted by Crippen LogP contribution is -2.29. The summed E-state index contributed by atoms with van der Waals surface area (Å²) in [6.45, 7) is 0. The zero-order valence-electron chi connectivity index (χ0n) is 18.4. The molecule has 2 aromatic carbocycles. The number of ether oxygens (including phenoxy) is 2. The fourth-order valence-corrected chi connectivity index (χ4v) is 4.63. The van der Waals surface area contributed by atoms with Crippen LogP contribution in [0, 0.1) is 0 Å². The van der Waals surface area contributed by atoms with Crippen LogP contribution in [0.4, 0.5) is 5.69 Å². The zero-order chi connectivity index (χ0) is 22.8. The van der Waals surface area contributed by atoms with Crippen LogP contribution in [-0.2, 0) is 0 Å². The molecular formula is C26H24N4O2S. The van der Waals surface area contributed by atoms with E-state index in [-0.39, 0.29) is 12.1 Å². The molecule has 1 N–H and O–H groups in total. The van der Waals surface area contributed by atoms with Crippen LogP contribution < -0.4 is 19.7 Å². The Balaban J connectivity index is 1.64. The molecule has 0 radical (unpaired) electrons. The fourth-order valence-electron chi connectivity index (χ4n) is 4.29. The van der Waals surface area contributed by atoms with Gasteiger partial charge in [0.2, 0.25) is 0 Å². The number of hydrogen-bond donors (Lipinski definition) is 1. The zero-order valence-corrected chi connectivity index (χ0v) is 19.2. The SMILES string of the molecule is COc1ccc(OC)c(N2C(=S)N[C@H](c3ccccn3)[C@H]2c2ccn(-c3ccccc3)c2)c1. The Morgan fingerprint density at radius 2 is 1.76 bits per heavy atom. The molecule has 3 heterocycles. The minimum atomic E-state index is -0.140. The van der Waals surface area contributed by atoms with Gasteiger partial charge in [0.05, 0.1) is 37.7 Å². The Morgan fingerprint density at radius 1 is 0.939 bits per heavy atom. The van der Waals surface area contributed by atoms with Crippen molar-refractivity contribution in [2.45, 2.75) is 12.1 Å². The highest BCUT2D eigenvalue weighted by molar-refractivity contribution is 7.80. The first-order chi connectivity index (χ1) is 16.2. The maximum atomic E-state index is 5.85. The maximum Gasteiger partial charge on any atom is 0.174 e. The molecule has 7 heteroatoms. The molecule has 0 aliphatic carbocycles. The van der Waals surface area contributed by atoms with E-state index in [2.05, 4.69) is 50.4 Å². The summed E-state index contributed by atoms with van der Waals surface area (Å²) in [4.78, 5) is 6.73. The molecule has 0 amide bonds. The van der Waals surface area contributed by atoms with Gasteiger partial charge in [-0.05, 0) is 60.2 Å². The summed E-state index contributed by atoms with van der Waals surface area (Å²) in [5.41, 5.74) is 3.95. The molecule has 1 aliphatic rings. The summed E-state index contributed by atoms with van der Waals surface area (Å²) in [7, 11) is 3.31. The maximum absolute atomic E-state index is 5.85. The van der Waals surface area contributed by atoms with Crippen LogP contribution >= 0.6 is 12.2 Å². The number of nitrogens with zero attached hydrogens (tertiary/aromatic N) is 3. The van der Waals surface area contributed by atoms with Gasteiger partial charge >= 0.3 is 0 Å². The van der Waals surface area contributed by atoms with Crippen molar-refractivity contribution in [1.29, 1.82) is 0 Å². The van der Waals surface area contributed by atoms with Crippen molar-refractivity contribution in [2.24, 2.45) is 0 Å². The number of benzene rings is 2. The molecule has 5 rings (SSSR count). The van der Waals surface area contributed by atoms with Crippen LogP contribution in [0.25, 0.3) is 5.69 Å². The van der Waals surface area contributed by atoms with E-state index in [9.17, 15) is 0 Å². The fraction of sp³-hybridized carbons (Fsp3) is 0.154. The monoisotopic (exact) mass is 456 g/mol. The Labute approximate surface area is 198 Å². The minimum Gasteiger partial charge on any atom is -0.497 e. The third-order valence-electron chi connectivity index (χ3n) is 5.86. The first-order valence-electron chi connectivity index (χ1n) is 10.7. The van der Waals surface area contributed by atoms with Crippen molar-refractivity contribution in [3.8, 4) is 17.2 Å². The second kappa shape index (κ2) is 8.96. The van der Waals surface area contributed by atoms with Crippen LogP contribution in [0.5, 0.6) is 11.5 Å². The molecule has 6 nitrogen and oxygen atoms in total. The lowest BCUT2D eigenvalue weighted by molar-refractivity contribution is 0.403. The van der Waals surface area contributed by atoms with Crippen molar-refractivity contribution in [3.05, 3.63) is 103 Å². The Bertz CT molecular complexity index is 1260. The average molecular weight is 457 g/mol. The van der Waals surface area contributed by atoms with Gasteiger partial charge in [0.15, 0.2) is 5.11 Å². The van der Waals surface area contributed by atoms with Crippen LogP contribution in [0.2, 0.25) is 0 Å². The molecule has 166 valence electrons. The summed E-state index contributed by atoms with van der Waals surface area (Å²) < 4.78 is 13.3. The van der Waals surface area contributed by atoms with Gasteiger partial charge in [-0.25, -0.2) is 0 Å². The summed E-state index contributed by atoms with van der Waals surface area (Å²) in [5, 5.41) is 4.10. The van der Waals surface area contributed by atoms with E-state index in [1.807, 2.05) is 54.6 Å². The Kier molecular flexibility index (Phi) is 5.71. The first-order valence-corrected chi connectivity index (χ1v) is 11.1. The van der Waals surface area contributed by atoms with E-state index in [1.165, 1.54) is 0 Å². The van der Waals surface area contributed by atoms with E-state index >= 15 is 0 Å². The van der Waals surface area contributed by atoms with Gasteiger partial charge in [0.25, 0.3) is 0 Å². The molecule has 1 fully saturated rings. The third-order valence-corrected chi connectivity index (χ3v) is 6.17. The van der Waals surface area contributed by atoms with Crippen molar-refractivity contribution in [3.63, 3.8) is 0 Å². The van der Waals surface area contributed by atoms with Gasteiger partial charge in [-0.3, -0.25) is 4.98 Å². The molecular weight excluding hydrogens is 432 g/mol. The second-order valence-corrected chi connectivity index (χ2v) is 8.11. The van der Waals surface area contributed by atoms with E-state index in [1.54, 1.807) is 20.4 Å². The van der Waals surface area contributed by atoms with Crippen molar-refractivity contribution in [1.82, 2.24) is 14.9 Å². The molecule has 1 saturated heterocycles. The highest BCUT2D eigenvalue weighted by atomic mass is 32.1. The molecule has 1 aliphatic heterocycles. The summed E-state index contributed by atoms with van der Waals surface area (Å²) in [6.07, 6.45) is 6.02. The number of methoxy groups -OCH3 is 2. The van der Waals surface area contributed by atoms with Crippen molar-refractivity contribution >= 4 is 23.0 Å². The molecule has 0 spiro atoms. The van der Waals surface area contributed by atoms with Gasteiger partial charge in [-0.1, -0.05) is 24.3 Å². The molecule has 33 heavy (non-hydrogen) atoms. The van der Waals surface area contributed by atoms with Gasteiger partial charge in [0, 0.05) is 30.3 Å². The van der Waals surface area contributed by atoms with Crippen LogP contribution in [0.3, 0.4) is 0 Å². The molecule has 0 unspecified atom stereocenters.